The highest BCUT2D eigenvalue weighted by molar-refractivity contribution is 6.06. The van der Waals surface area contributed by atoms with Crippen LogP contribution in [0.4, 0.5) is 0 Å². The van der Waals surface area contributed by atoms with E-state index >= 15 is 0 Å². The lowest BCUT2D eigenvalue weighted by molar-refractivity contribution is 0.0299. The molecule has 0 spiro atoms. The van der Waals surface area contributed by atoms with Crippen molar-refractivity contribution < 1.29 is 9.53 Å². The second-order valence-electron chi connectivity index (χ2n) is 5.63. The Morgan fingerprint density at radius 2 is 2.10 bits per heavy atom. The van der Waals surface area contributed by atoms with Crippen LogP contribution in [0.3, 0.4) is 0 Å². The number of carbonyl (C=O) groups excluding carboxylic acids is 1. The molecule has 21 heavy (non-hydrogen) atoms. The first-order chi connectivity index (χ1) is 10.3. The van der Waals surface area contributed by atoms with Crippen LogP contribution in [-0.4, -0.2) is 30.1 Å². The van der Waals surface area contributed by atoms with Crippen molar-refractivity contribution in [2.75, 3.05) is 13.2 Å². The summed E-state index contributed by atoms with van der Waals surface area (Å²) >= 11 is 0. The molecule has 1 aromatic heterocycles. The van der Waals surface area contributed by atoms with Gasteiger partial charge in [-0.1, -0.05) is 25.3 Å². The summed E-state index contributed by atoms with van der Waals surface area (Å²) < 4.78 is 5.82. The van der Waals surface area contributed by atoms with Crippen LogP contribution in [0.2, 0.25) is 0 Å². The summed E-state index contributed by atoms with van der Waals surface area (Å²) in [5.41, 5.74) is 1.70. The quantitative estimate of drug-likeness (QED) is 0.829. The van der Waals surface area contributed by atoms with Crippen LogP contribution in [0.1, 0.15) is 42.5 Å². The van der Waals surface area contributed by atoms with Crippen molar-refractivity contribution in [2.24, 2.45) is 0 Å². The maximum atomic E-state index is 12.2. The minimum absolute atomic E-state index is 0.0348. The number of carbonyl (C=O) groups is 1. The van der Waals surface area contributed by atoms with E-state index in [2.05, 4.69) is 10.3 Å². The summed E-state index contributed by atoms with van der Waals surface area (Å²) in [6, 6.07) is 7.65. The van der Waals surface area contributed by atoms with Crippen LogP contribution in [0.5, 0.6) is 0 Å². The second kappa shape index (κ2) is 6.76. The first-order valence-corrected chi connectivity index (χ1v) is 7.80. The van der Waals surface area contributed by atoms with E-state index in [9.17, 15) is 4.79 Å². The van der Waals surface area contributed by atoms with E-state index in [1.807, 2.05) is 30.5 Å². The Hall–Kier alpha value is -1.81. The van der Waals surface area contributed by atoms with Crippen LogP contribution >= 0.6 is 0 Å². The third-order valence-electron chi connectivity index (χ3n) is 4.13. The summed E-state index contributed by atoms with van der Waals surface area (Å²) in [6.07, 6.45) is 8.45. The minimum Gasteiger partial charge on any atom is -0.376 e. The van der Waals surface area contributed by atoms with Gasteiger partial charge in [-0.25, -0.2) is 0 Å². The third kappa shape index (κ3) is 3.45. The van der Waals surface area contributed by atoms with Gasteiger partial charge in [-0.15, -0.1) is 0 Å². The van der Waals surface area contributed by atoms with Gasteiger partial charge in [0.25, 0.3) is 5.91 Å². The SMILES string of the molecule is O=C(NCCOC1CCCCC1)c1cccc2[nH]ccc12. The van der Waals surface area contributed by atoms with Crippen molar-refractivity contribution in [1.29, 1.82) is 0 Å². The van der Waals surface area contributed by atoms with Crippen molar-refractivity contribution >= 4 is 16.8 Å². The summed E-state index contributed by atoms with van der Waals surface area (Å²) in [7, 11) is 0. The summed E-state index contributed by atoms with van der Waals surface area (Å²) in [6.45, 7) is 1.16. The standard InChI is InChI=1S/C17H22N2O2/c20-17(15-7-4-8-16-14(15)9-10-18-16)19-11-12-21-13-5-2-1-3-6-13/h4,7-10,13,18H,1-3,5-6,11-12H2,(H,19,20). The summed E-state index contributed by atoms with van der Waals surface area (Å²) in [4.78, 5) is 15.3. The monoisotopic (exact) mass is 286 g/mol. The molecule has 1 heterocycles. The molecular formula is C17H22N2O2. The number of hydrogen-bond acceptors (Lipinski definition) is 2. The van der Waals surface area contributed by atoms with Gasteiger partial charge in [-0.05, 0) is 31.0 Å². The van der Waals surface area contributed by atoms with E-state index < -0.39 is 0 Å². The Labute approximate surface area is 124 Å². The maximum absolute atomic E-state index is 12.2. The molecule has 0 radical (unpaired) electrons. The average molecular weight is 286 g/mol. The molecule has 0 unspecified atom stereocenters. The molecule has 0 aliphatic heterocycles. The van der Waals surface area contributed by atoms with Gasteiger partial charge in [0, 0.05) is 29.2 Å². The van der Waals surface area contributed by atoms with Crippen LogP contribution in [-0.2, 0) is 4.74 Å². The Morgan fingerprint density at radius 1 is 1.24 bits per heavy atom. The van der Waals surface area contributed by atoms with E-state index in [1.165, 1.54) is 19.3 Å². The van der Waals surface area contributed by atoms with Crippen LogP contribution in [0, 0.1) is 0 Å². The van der Waals surface area contributed by atoms with Crippen LogP contribution < -0.4 is 5.32 Å². The Bertz CT molecular complexity index is 600. The van der Waals surface area contributed by atoms with Gasteiger partial charge >= 0.3 is 0 Å². The van der Waals surface area contributed by atoms with E-state index in [0.717, 1.165) is 23.7 Å². The molecule has 1 aliphatic carbocycles. The molecule has 0 saturated heterocycles. The lowest BCUT2D eigenvalue weighted by atomic mass is 9.98. The zero-order valence-corrected chi connectivity index (χ0v) is 12.2. The van der Waals surface area contributed by atoms with Gasteiger partial charge in [0.15, 0.2) is 0 Å². The van der Waals surface area contributed by atoms with E-state index in [1.54, 1.807) is 0 Å². The minimum atomic E-state index is -0.0348. The zero-order valence-electron chi connectivity index (χ0n) is 12.2. The number of amides is 1. The predicted octanol–water partition coefficient (Wildman–Crippen LogP) is 3.25. The second-order valence-corrected chi connectivity index (χ2v) is 5.63. The number of fused-ring (bicyclic) bond motifs is 1. The van der Waals surface area contributed by atoms with Gasteiger partial charge in [0.2, 0.25) is 0 Å². The topological polar surface area (TPSA) is 54.1 Å². The first kappa shape index (κ1) is 14.1. The van der Waals surface area contributed by atoms with Crippen LogP contribution in [0.15, 0.2) is 30.5 Å². The fourth-order valence-corrected chi connectivity index (χ4v) is 3.00. The number of rotatable bonds is 5. The first-order valence-electron chi connectivity index (χ1n) is 7.80. The number of ether oxygens (including phenoxy) is 1. The normalized spacial score (nSPS) is 16.2. The van der Waals surface area contributed by atoms with Crippen molar-refractivity contribution in [3.63, 3.8) is 0 Å². The number of aromatic amines is 1. The van der Waals surface area contributed by atoms with Crippen LogP contribution in [0.25, 0.3) is 10.9 Å². The number of aromatic nitrogens is 1. The van der Waals surface area contributed by atoms with Gasteiger partial charge in [0.05, 0.1) is 12.7 Å². The Morgan fingerprint density at radius 3 is 2.95 bits per heavy atom. The fraction of sp³-hybridized carbons (Fsp3) is 0.471. The smallest absolute Gasteiger partial charge is 0.252 e. The fourth-order valence-electron chi connectivity index (χ4n) is 3.00. The largest absolute Gasteiger partial charge is 0.376 e. The van der Waals surface area contributed by atoms with Gasteiger partial charge in [-0.2, -0.15) is 0 Å². The van der Waals surface area contributed by atoms with Gasteiger partial charge < -0.3 is 15.0 Å². The molecule has 1 aromatic carbocycles. The molecule has 1 aliphatic rings. The Kier molecular flexibility index (Phi) is 4.55. The molecule has 1 fully saturated rings. The molecule has 0 atom stereocenters. The highest BCUT2D eigenvalue weighted by Crippen LogP contribution is 2.20. The number of hydrogen-bond donors (Lipinski definition) is 2. The number of benzene rings is 1. The molecular weight excluding hydrogens is 264 g/mol. The highest BCUT2D eigenvalue weighted by Gasteiger charge is 2.14. The molecule has 2 N–H and O–H groups in total. The van der Waals surface area contributed by atoms with Gasteiger partial charge in [-0.3, -0.25) is 4.79 Å². The zero-order chi connectivity index (χ0) is 14.5. The van der Waals surface area contributed by atoms with Gasteiger partial charge in [0.1, 0.15) is 0 Å². The lowest BCUT2D eigenvalue weighted by Gasteiger charge is -2.22. The molecule has 0 bridgehead atoms. The predicted molar refractivity (Wildman–Crippen MR) is 83.5 cm³/mol. The summed E-state index contributed by atoms with van der Waals surface area (Å²) in [5, 5.41) is 3.90. The van der Waals surface area contributed by atoms with Crippen molar-refractivity contribution in [3.05, 3.63) is 36.0 Å². The average Bonchev–Trinajstić information content (AvgIpc) is 3.01. The third-order valence-corrected chi connectivity index (χ3v) is 4.13. The molecule has 2 aromatic rings. The highest BCUT2D eigenvalue weighted by atomic mass is 16.5. The Balaban J connectivity index is 1.49. The number of nitrogens with one attached hydrogen (secondary N) is 2. The van der Waals surface area contributed by atoms with E-state index in [0.29, 0.717) is 24.8 Å². The van der Waals surface area contributed by atoms with Crippen molar-refractivity contribution in [1.82, 2.24) is 10.3 Å². The molecule has 4 nitrogen and oxygen atoms in total. The molecule has 112 valence electrons. The lowest BCUT2D eigenvalue weighted by Crippen LogP contribution is -2.29. The molecule has 1 amide bonds. The number of H-pyrrole nitrogens is 1. The molecule has 1 saturated carbocycles. The molecule has 4 heteroatoms. The summed E-state index contributed by atoms with van der Waals surface area (Å²) in [5.74, 6) is -0.0348. The molecule has 3 rings (SSSR count). The van der Waals surface area contributed by atoms with Crippen molar-refractivity contribution in [3.8, 4) is 0 Å². The van der Waals surface area contributed by atoms with E-state index in [4.69, 9.17) is 4.74 Å². The van der Waals surface area contributed by atoms with Crippen molar-refractivity contribution in [2.45, 2.75) is 38.2 Å². The maximum Gasteiger partial charge on any atom is 0.252 e. The van der Waals surface area contributed by atoms with E-state index in [-0.39, 0.29) is 5.91 Å².